The van der Waals surface area contributed by atoms with Crippen LogP contribution in [-0.2, 0) is 14.8 Å². The molecule has 2 unspecified atom stereocenters. The molecule has 3 aromatic rings. The highest BCUT2D eigenvalue weighted by Crippen LogP contribution is 2.53. The van der Waals surface area contributed by atoms with Gasteiger partial charge in [0.15, 0.2) is 0 Å². The van der Waals surface area contributed by atoms with Crippen LogP contribution < -0.4 is 9.46 Å². The predicted octanol–water partition coefficient (Wildman–Crippen LogP) is 3.67. The Bertz CT molecular complexity index is 1260. The first-order chi connectivity index (χ1) is 15.7. The molecule has 0 radical (unpaired) electrons. The number of rotatable bonds is 9. The highest BCUT2D eigenvalue weighted by molar-refractivity contribution is 7.89. The number of ether oxygens (including phenoxy) is 1. The SMILES string of the molecule is O=C(O)C1(NS(=O)(=O)c2ccc(-c3ccc(Cl)cc3)cc2)CC1c1cccc(OCCO)c1. The third-order valence-corrected chi connectivity index (χ3v) is 7.40. The van der Waals surface area contributed by atoms with Gasteiger partial charge in [0.2, 0.25) is 10.0 Å². The lowest BCUT2D eigenvalue weighted by Crippen LogP contribution is -2.44. The van der Waals surface area contributed by atoms with E-state index in [0.29, 0.717) is 16.3 Å². The summed E-state index contributed by atoms with van der Waals surface area (Å²) in [6.07, 6.45) is 0.119. The second-order valence-electron chi connectivity index (χ2n) is 7.81. The molecule has 172 valence electrons. The molecule has 33 heavy (non-hydrogen) atoms. The topological polar surface area (TPSA) is 113 Å². The molecule has 2 atom stereocenters. The predicted molar refractivity (Wildman–Crippen MR) is 124 cm³/mol. The fourth-order valence-electron chi connectivity index (χ4n) is 3.81. The molecule has 0 heterocycles. The van der Waals surface area contributed by atoms with Crippen LogP contribution in [0.15, 0.2) is 77.7 Å². The van der Waals surface area contributed by atoms with E-state index in [0.717, 1.165) is 11.1 Å². The Morgan fingerprint density at radius 1 is 1.06 bits per heavy atom. The summed E-state index contributed by atoms with van der Waals surface area (Å²) in [7, 11) is -4.09. The second-order valence-corrected chi connectivity index (χ2v) is 9.93. The van der Waals surface area contributed by atoms with E-state index in [2.05, 4.69) is 4.72 Å². The first-order valence-electron chi connectivity index (χ1n) is 10.2. The lowest BCUT2D eigenvalue weighted by atomic mass is 10.1. The van der Waals surface area contributed by atoms with E-state index in [1.807, 2.05) is 12.1 Å². The number of aliphatic carboxylic acids is 1. The Kier molecular flexibility index (Phi) is 6.45. The summed E-state index contributed by atoms with van der Waals surface area (Å²) in [5.41, 5.74) is 0.698. The molecule has 0 amide bonds. The van der Waals surface area contributed by atoms with Crippen molar-refractivity contribution in [1.29, 1.82) is 0 Å². The van der Waals surface area contributed by atoms with Crippen molar-refractivity contribution in [2.45, 2.75) is 22.8 Å². The summed E-state index contributed by atoms with van der Waals surface area (Å²) in [5, 5.41) is 19.4. The van der Waals surface area contributed by atoms with Gasteiger partial charge in [0.1, 0.15) is 17.9 Å². The molecule has 0 aromatic heterocycles. The van der Waals surface area contributed by atoms with Gasteiger partial charge in [-0.1, -0.05) is 48.0 Å². The van der Waals surface area contributed by atoms with E-state index in [9.17, 15) is 18.3 Å². The Hall–Kier alpha value is -2.91. The van der Waals surface area contributed by atoms with Crippen molar-refractivity contribution in [1.82, 2.24) is 4.72 Å². The minimum Gasteiger partial charge on any atom is -0.491 e. The van der Waals surface area contributed by atoms with Gasteiger partial charge in [0.25, 0.3) is 0 Å². The molecule has 1 aliphatic carbocycles. The Labute approximate surface area is 196 Å². The number of nitrogens with one attached hydrogen (secondary N) is 1. The number of sulfonamides is 1. The molecular weight excluding hydrogens is 466 g/mol. The largest absolute Gasteiger partial charge is 0.491 e. The number of aliphatic hydroxyl groups excluding tert-OH is 1. The van der Waals surface area contributed by atoms with Crippen molar-refractivity contribution in [2.24, 2.45) is 0 Å². The third kappa shape index (κ3) is 4.89. The van der Waals surface area contributed by atoms with Crippen LogP contribution >= 0.6 is 11.6 Å². The summed E-state index contributed by atoms with van der Waals surface area (Å²) in [6.45, 7) is -0.0415. The molecular formula is C24H22ClNO6S. The van der Waals surface area contributed by atoms with Crippen molar-refractivity contribution in [3.8, 4) is 16.9 Å². The zero-order chi connectivity index (χ0) is 23.6. The van der Waals surface area contributed by atoms with Crippen LogP contribution in [0.3, 0.4) is 0 Å². The molecule has 0 saturated heterocycles. The molecule has 4 rings (SSSR count). The van der Waals surface area contributed by atoms with Gasteiger partial charge in [0.05, 0.1) is 11.5 Å². The molecule has 1 fully saturated rings. The van der Waals surface area contributed by atoms with Gasteiger partial charge in [-0.05, 0) is 59.5 Å². The monoisotopic (exact) mass is 487 g/mol. The second kappa shape index (κ2) is 9.15. The molecule has 3 N–H and O–H groups in total. The summed E-state index contributed by atoms with van der Waals surface area (Å²) < 4.78 is 33.8. The first kappa shape index (κ1) is 23.3. The molecule has 0 aliphatic heterocycles. The number of hydrogen-bond acceptors (Lipinski definition) is 5. The number of hydrogen-bond donors (Lipinski definition) is 3. The van der Waals surface area contributed by atoms with Gasteiger partial charge >= 0.3 is 5.97 Å². The fraction of sp³-hybridized carbons (Fsp3) is 0.208. The van der Waals surface area contributed by atoms with Gasteiger partial charge in [-0.25, -0.2) is 8.42 Å². The molecule has 1 saturated carbocycles. The molecule has 9 heteroatoms. The van der Waals surface area contributed by atoms with Crippen molar-refractivity contribution >= 4 is 27.6 Å². The number of aliphatic hydroxyl groups is 1. The summed E-state index contributed by atoms with van der Waals surface area (Å²) in [6, 6.07) is 20.2. The van der Waals surface area contributed by atoms with Gasteiger partial charge in [0, 0.05) is 10.9 Å². The number of carboxylic acid groups (broad SMARTS) is 1. The lowest BCUT2D eigenvalue weighted by Gasteiger charge is -2.16. The molecule has 7 nitrogen and oxygen atoms in total. The smallest absolute Gasteiger partial charge is 0.325 e. The zero-order valence-corrected chi connectivity index (χ0v) is 19.0. The summed E-state index contributed by atoms with van der Waals surface area (Å²) in [5.74, 6) is -1.31. The van der Waals surface area contributed by atoms with Crippen LogP contribution in [0.2, 0.25) is 5.02 Å². The molecule has 3 aromatic carbocycles. The highest BCUT2D eigenvalue weighted by Gasteiger charge is 2.63. The normalized spacial score (nSPS) is 19.8. The van der Waals surface area contributed by atoms with E-state index >= 15 is 0 Å². The molecule has 1 aliphatic rings. The lowest BCUT2D eigenvalue weighted by molar-refractivity contribution is -0.140. The van der Waals surface area contributed by atoms with Crippen molar-refractivity contribution in [3.05, 3.63) is 83.4 Å². The standard InChI is InChI=1S/C24H22ClNO6S/c25-19-8-4-16(5-9-19)17-6-10-21(11-7-17)33(30,31)26-24(23(28)29)15-22(24)18-2-1-3-20(14-18)32-13-12-27/h1-11,14,22,26-27H,12-13,15H2,(H,28,29). The third-order valence-electron chi connectivity index (χ3n) is 5.62. The average Bonchev–Trinajstić information content (AvgIpc) is 3.53. The minimum atomic E-state index is -4.09. The first-order valence-corrected chi connectivity index (χ1v) is 12.1. The summed E-state index contributed by atoms with van der Waals surface area (Å²) >= 11 is 5.91. The van der Waals surface area contributed by atoms with Crippen LogP contribution in [0.25, 0.3) is 11.1 Å². The average molecular weight is 488 g/mol. The maximum Gasteiger partial charge on any atom is 0.325 e. The van der Waals surface area contributed by atoms with Crippen LogP contribution in [0.5, 0.6) is 5.75 Å². The number of carbonyl (C=O) groups is 1. The van der Waals surface area contributed by atoms with Gasteiger partial charge in [-0.2, -0.15) is 4.72 Å². The Morgan fingerprint density at radius 2 is 1.70 bits per heavy atom. The Balaban J connectivity index is 1.55. The van der Waals surface area contributed by atoms with Crippen molar-refractivity contribution < 1.29 is 28.2 Å². The van der Waals surface area contributed by atoms with Crippen molar-refractivity contribution in [2.75, 3.05) is 13.2 Å². The van der Waals surface area contributed by atoms with E-state index in [1.165, 1.54) is 12.1 Å². The van der Waals surface area contributed by atoms with Gasteiger partial charge in [-0.3, -0.25) is 4.79 Å². The van der Waals surface area contributed by atoms with Crippen LogP contribution in [0, 0.1) is 0 Å². The number of benzene rings is 3. The quantitative estimate of drug-likeness (QED) is 0.424. The fourth-order valence-corrected chi connectivity index (χ4v) is 5.34. The van der Waals surface area contributed by atoms with Crippen LogP contribution in [0.1, 0.15) is 17.9 Å². The minimum absolute atomic E-state index is 0.0217. The van der Waals surface area contributed by atoms with E-state index < -0.39 is 27.4 Å². The van der Waals surface area contributed by atoms with E-state index in [-0.39, 0.29) is 24.5 Å². The number of carboxylic acids is 1. The summed E-state index contributed by atoms with van der Waals surface area (Å²) in [4.78, 5) is 12.1. The highest BCUT2D eigenvalue weighted by atomic mass is 35.5. The van der Waals surface area contributed by atoms with Gasteiger partial charge in [-0.15, -0.1) is 0 Å². The Morgan fingerprint density at radius 3 is 2.30 bits per heavy atom. The van der Waals surface area contributed by atoms with Crippen molar-refractivity contribution in [3.63, 3.8) is 0 Å². The maximum atomic E-state index is 13.0. The van der Waals surface area contributed by atoms with Crippen LogP contribution in [-0.4, -0.2) is 43.4 Å². The van der Waals surface area contributed by atoms with Crippen LogP contribution in [0.4, 0.5) is 0 Å². The zero-order valence-electron chi connectivity index (χ0n) is 17.4. The number of halogens is 1. The molecule has 0 bridgehead atoms. The molecule has 0 spiro atoms. The van der Waals surface area contributed by atoms with E-state index in [1.54, 1.807) is 48.5 Å². The maximum absolute atomic E-state index is 13.0. The van der Waals surface area contributed by atoms with Gasteiger partial charge < -0.3 is 14.9 Å². The van der Waals surface area contributed by atoms with E-state index in [4.69, 9.17) is 21.4 Å².